The molecule has 0 atom stereocenters. The molecular formula is C18H18N4O2. The first kappa shape index (κ1) is 15.7. The average molecular weight is 322 g/mol. The maximum absolute atomic E-state index is 12.1. The Balaban J connectivity index is 1.68. The van der Waals surface area contributed by atoms with Gasteiger partial charge in [0.05, 0.1) is 11.9 Å². The van der Waals surface area contributed by atoms with E-state index in [-0.39, 0.29) is 18.2 Å². The molecule has 0 saturated heterocycles. The van der Waals surface area contributed by atoms with Crippen molar-refractivity contribution >= 4 is 11.6 Å². The number of anilines is 1. The zero-order valence-electron chi connectivity index (χ0n) is 13.5. The SMILES string of the molecule is Cc1ccc(-c2cn(CC(=O)Nc3ccc(C)cc3O)nn2)cc1. The number of aryl methyl sites for hydroxylation is 2. The summed E-state index contributed by atoms with van der Waals surface area (Å²) in [4.78, 5) is 12.1. The molecule has 24 heavy (non-hydrogen) atoms. The van der Waals surface area contributed by atoms with Crippen LogP contribution in [0.1, 0.15) is 11.1 Å². The fourth-order valence-electron chi connectivity index (χ4n) is 2.32. The Kier molecular flexibility index (Phi) is 4.29. The maximum atomic E-state index is 12.1. The summed E-state index contributed by atoms with van der Waals surface area (Å²) in [5, 5.41) is 20.6. The van der Waals surface area contributed by atoms with E-state index in [1.165, 1.54) is 10.2 Å². The van der Waals surface area contributed by atoms with Crippen LogP contribution in [0.25, 0.3) is 11.3 Å². The number of hydrogen-bond acceptors (Lipinski definition) is 4. The average Bonchev–Trinajstić information content (AvgIpc) is 2.99. The Labute approximate surface area is 139 Å². The highest BCUT2D eigenvalue weighted by Gasteiger charge is 2.10. The Bertz CT molecular complexity index is 869. The normalized spacial score (nSPS) is 10.6. The van der Waals surface area contributed by atoms with Gasteiger partial charge < -0.3 is 10.4 Å². The summed E-state index contributed by atoms with van der Waals surface area (Å²) in [6, 6.07) is 13.0. The van der Waals surface area contributed by atoms with Crippen molar-refractivity contribution < 1.29 is 9.90 Å². The number of amides is 1. The summed E-state index contributed by atoms with van der Waals surface area (Å²) in [7, 11) is 0. The molecule has 122 valence electrons. The van der Waals surface area contributed by atoms with Crippen molar-refractivity contribution in [3.8, 4) is 17.0 Å². The van der Waals surface area contributed by atoms with Crippen LogP contribution in [0.2, 0.25) is 0 Å². The minimum absolute atomic E-state index is 0.0200. The van der Waals surface area contributed by atoms with Crippen LogP contribution in [0.4, 0.5) is 5.69 Å². The number of aromatic nitrogens is 3. The van der Waals surface area contributed by atoms with Crippen LogP contribution in [0.15, 0.2) is 48.7 Å². The predicted molar refractivity (Wildman–Crippen MR) is 91.7 cm³/mol. The fraction of sp³-hybridized carbons (Fsp3) is 0.167. The Morgan fingerprint density at radius 1 is 1.12 bits per heavy atom. The number of benzene rings is 2. The van der Waals surface area contributed by atoms with Gasteiger partial charge in [0.15, 0.2) is 0 Å². The number of carbonyl (C=O) groups excluding carboxylic acids is 1. The first-order valence-corrected chi connectivity index (χ1v) is 7.58. The Morgan fingerprint density at radius 3 is 2.54 bits per heavy atom. The second-order valence-electron chi connectivity index (χ2n) is 5.74. The third-order valence-corrected chi connectivity index (χ3v) is 3.62. The van der Waals surface area contributed by atoms with Crippen molar-refractivity contribution in [2.24, 2.45) is 0 Å². The van der Waals surface area contributed by atoms with E-state index in [0.717, 1.165) is 11.1 Å². The van der Waals surface area contributed by atoms with E-state index in [0.29, 0.717) is 11.4 Å². The van der Waals surface area contributed by atoms with Crippen molar-refractivity contribution in [3.63, 3.8) is 0 Å². The molecule has 3 rings (SSSR count). The van der Waals surface area contributed by atoms with Crippen molar-refractivity contribution in [2.45, 2.75) is 20.4 Å². The van der Waals surface area contributed by atoms with Gasteiger partial charge in [-0.3, -0.25) is 4.79 Å². The minimum Gasteiger partial charge on any atom is -0.506 e. The number of phenolic OH excluding ortho intramolecular Hbond substituents is 1. The van der Waals surface area contributed by atoms with E-state index in [2.05, 4.69) is 15.6 Å². The summed E-state index contributed by atoms with van der Waals surface area (Å²) in [6.07, 6.45) is 1.72. The van der Waals surface area contributed by atoms with E-state index in [1.807, 2.05) is 44.2 Å². The summed E-state index contributed by atoms with van der Waals surface area (Å²) in [6.45, 7) is 3.91. The third kappa shape index (κ3) is 3.60. The van der Waals surface area contributed by atoms with Gasteiger partial charge in [-0.05, 0) is 31.5 Å². The molecule has 0 unspecified atom stereocenters. The van der Waals surface area contributed by atoms with E-state index < -0.39 is 0 Å². The molecule has 0 fully saturated rings. The topological polar surface area (TPSA) is 80.0 Å². The van der Waals surface area contributed by atoms with Crippen LogP contribution in [0.3, 0.4) is 0 Å². The second kappa shape index (κ2) is 6.54. The molecule has 6 heteroatoms. The molecule has 0 aliphatic rings. The summed E-state index contributed by atoms with van der Waals surface area (Å²) >= 11 is 0. The van der Waals surface area contributed by atoms with Crippen LogP contribution < -0.4 is 5.32 Å². The van der Waals surface area contributed by atoms with E-state index in [1.54, 1.807) is 18.3 Å². The lowest BCUT2D eigenvalue weighted by Gasteiger charge is -2.07. The van der Waals surface area contributed by atoms with Crippen LogP contribution >= 0.6 is 0 Å². The van der Waals surface area contributed by atoms with Gasteiger partial charge >= 0.3 is 0 Å². The van der Waals surface area contributed by atoms with Crippen LogP contribution in [-0.2, 0) is 11.3 Å². The smallest absolute Gasteiger partial charge is 0.246 e. The molecule has 1 amide bonds. The molecular weight excluding hydrogens is 304 g/mol. The van der Waals surface area contributed by atoms with Gasteiger partial charge in [0.2, 0.25) is 5.91 Å². The van der Waals surface area contributed by atoms with E-state index in [9.17, 15) is 9.90 Å². The number of hydrogen-bond donors (Lipinski definition) is 2. The zero-order valence-corrected chi connectivity index (χ0v) is 13.5. The zero-order chi connectivity index (χ0) is 17.1. The molecule has 1 aromatic heterocycles. The monoisotopic (exact) mass is 322 g/mol. The predicted octanol–water partition coefficient (Wildman–Crippen LogP) is 2.91. The molecule has 3 aromatic rings. The van der Waals surface area contributed by atoms with Crippen LogP contribution in [0, 0.1) is 13.8 Å². The van der Waals surface area contributed by atoms with Gasteiger partial charge in [0, 0.05) is 5.56 Å². The van der Waals surface area contributed by atoms with E-state index in [4.69, 9.17) is 0 Å². The molecule has 2 N–H and O–H groups in total. The number of rotatable bonds is 4. The molecule has 0 saturated carbocycles. The van der Waals surface area contributed by atoms with Crippen molar-refractivity contribution in [1.29, 1.82) is 0 Å². The van der Waals surface area contributed by atoms with Crippen LogP contribution in [-0.4, -0.2) is 26.0 Å². The first-order chi connectivity index (χ1) is 11.5. The molecule has 0 aliphatic carbocycles. The van der Waals surface area contributed by atoms with Gasteiger partial charge in [-0.25, -0.2) is 4.68 Å². The van der Waals surface area contributed by atoms with Crippen molar-refractivity contribution in [3.05, 3.63) is 59.8 Å². The Morgan fingerprint density at radius 2 is 1.83 bits per heavy atom. The largest absolute Gasteiger partial charge is 0.506 e. The van der Waals surface area contributed by atoms with Crippen molar-refractivity contribution in [1.82, 2.24) is 15.0 Å². The number of nitrogens with one attached hydrogen (secondary N) is 1. The van der Waals surface area contributed by atoms with Crippen molar-refractivity contribution in [2.75, 3.05) is 5.32 Å². The fourth-order valence-corrected chi connectivity index (χ4v) is 2.32. The molecule has 2 aromatic carbocycles. The highest BCUT2D eigenvalue weighted by atomic mass is 16.3. The maximum Gasteiger partial charge on any atom is 0.246 e. The molecule has 0 aliphatic heterocycles. The molecule has 0 spiro atoms. The first-order valence-electron chi connectivity index (χ1n) is 7.58. The third-order valence-electron chi connectivity index (χ3n) is 3.62. The second-order valence-corrected chi connectivity index (χ2v) is 5.74. The standard InChI is InChI=1S/C18H18N4O2/c1-12-3-6-14(7-4-12)16-10-22(21-20-16)11-18(24)19-15-8-5-13(2)9-17(15)23/h3-10,23H,11H2,1-2H3,(H,19,24). The number of carbonyl (C=O) groups is 1. The highest BCUT2D eigenvalue weighted by molar-refractivity contribution is 5.92. The van der Waals surface area contributed by atoms with Crippen LogP contribution in [0.5, 0.6) is 5.75 Å². The van der Waals surface area contributed by atoms with Gasteiger partial charge in [0.1, 0.15) is 18.0 Å². The lowest BCUT2D eigenvalue weighted by atomic mass is 10.1. The molecule has 1 heterocycles. The molecule has 0 bridgehead atoms. The minimum atomic E-state index is -0.283. The van der Waals surface area contributed by atoms with E-state index >= 15 is 0 Å². The Hall–Kier alpha value is -3.15. The highest BCUT2D eigenvalue weighted by Crippen LogP contribution is 2.23. The summed E-state index contributed by atoms with van der Waals surface area (Å²) < 4.78 is 1.47. The molecule has 6 nitrogen and oxygen atoms in total. The number of nitrogens with zero attached hydrogens (tertiary/aromatic N) is 3. The number of phenols is 1. The lowest BCUT2D eigenvalue weighted by molar-refractivity contribution is -0.116. The molecule has 0 radical (unpaired) electrons. The van der Waals surface area contributed by atoms with Gasteiger partial charge in [-0.1, -0.05) is 41.1 Å². The van der Waals surface area contributed by atoms with Gasteiger partial charge in [-0.15, -0.1) is 5.10 Å². The quantitative estimate of drug-likeness (QED) is 0.724. The van der Waals surface area contributed by atoms with Gasteiger partial charge in [0.25, 0.3) is 0 Å². The summed E-state index contributed by atoms with van der Waals surface area (Å²) in [5.74, 6) is -0.239. The summed E-state index contributed by atoms with van der Waals surface area (Å²) in [5.41, 5.74) is 4.13. The number of aromatic hydroxyl groups is 1. The lowest BCUT2D eigenvalue weighted by Crippen LogP contribution is -2.19. The van der Waals surface area contributed by atoms with Gasteiger partial charge in [-0.2, -0.15) is 0 Å².